The fourth-order valence-corrected chi connectivity index (χ4v) is 2.23. The molecule has 0 unspecified atom stereocenters. The Hall–Kier alpha value is -3.02. The third-order valence-corrected chi connectivity index (χ3v) is 3.44. The zero-order chi connectivity index (χ0) is 16.1. The van der Waals surface area contributed by atoms with Crippen LogP contribution in [0.1, 0.15) is 17.9 Å². The Morgan fingerprint density at radius 3 is 2.70 bits per heavy atom. The predicted octanol–water partition coefficient (Wildman–Crippen LogP) is 2.54. The van der Waals surface area contributed by atoms with Crippen molar-refractivity contribution in [3.63, 3.8) is 0 Å². The molecule has 0 radical (unpaired) electrons. The monoisotopic (exact) mass is 307 g/mol. The van der Waals surface area contributed by atoms with Gasteiger partial charge >= 0.3 is 0 Å². The SMILES string of the molecule is Cc1nccn1-c1ccc(NC(=O)CCc2ccccn2)cn1. The number of hydrogen-bond acceptors (Lipinski definition) is 4. The van der Waals surface area contributed by atoms with Gasteiger partial charge in [0.1, 0.15) is 11.6 Å². The van der Waals surface area contributed by atoms with Crippen molar-refractivity contribution in [2.24, 2.45) is 0 Å². The van der Waals surface area contributed by atoms with Gasteiger partial charge in [-0.15, -0.1) is 0 Å². The Morgan fingerprint density at radius 2 is 2.04 bits per heavy atom. The number of pyridine rings is 2. The van der Waals surface area contributed by atoms with Crippen LogP contribution >= 0.6 is 0 Å². The second-order valence-corrected chi connectivity index (χ2v) is 5.12. The number of nitrogens with zero attached hydrogens (tertiary/aromatic N) is 4. The predicted molar refractivity (Wildman–Crippen MR) is 87.3 cm³/mol. The minimum atomic E-state index is -0.0518. The van der Waals surface area contributed by atoms with Crippen molar-refractivity contribution in [2.75, 3.05) is 5.32 Å². The molecule has 0 spiro atoms. The average Bonchev–Trinajstić information content (AvgIpc) is 3.01. The Kier molecular flexibility index (Phi) is 4.42. The van der Waals surface area contributed by atoms with Gasteiger partial charge in [0.2, 0.25) is 5.91 Å². The zero-order valence-electron chi connectivity index (χ0n) is 12.8. The number of rotatable bonds is 5. The van der Waals surface area contributed by atoms with Crippen LogP contribution in [0.3, 0.4) is 0 Å². The summed E-state index contributed by atoms with van der Waals surface area (Å²) in [6.07, 6.45) is 7.96. The number of aromatic nitrogens is 4. The Bertz CT molecular complexity index is 780. The van der Waals surface area contributed by atoms with E-state index in [1.807, 2.05) is 48.0 Å². The highest BCUT2D eigenvalue weighted by molar-refractivity contribution is 5.90. The first-order valence-electron chi connectivity index (χ1n) is 7.38. The van der Waals surface area contributed by atoms with Crippen molar-refractivity contribution in [3.05, 3.63) is 66.6 Å². The van der Waals surface area contributed by atoms with Gasteiger partial charge in [-0.3, -0.25) is 14.3 Å². The molecule has 3 heterocycles. The second kappa shape index (κ2) is 6.83. The van der Waals surface area contributed by atoms with E-state index >= 15 is 0 Å². The maximum atomic E-state index is 12.0. The van der Waals surface area contributed by atoms with Crippen LogP contribution in [0.4, 0.5) is 5.69 Å². The van der Waals surface area contributed by atoms with Gasteiger partial charge in [-0.05, 0) is 37.6 Å². The van der Waals surface area contributed by atoms with Gasteiger partial charge in [-0.25, -0.2) is 9.97 Å². The zero-order valence-corrected chi connectivity index (χ0v) is 12.8. The van der Waals surface area contributed by atoms with Crippen LogP contribution in [0.15, 0.2) is 55.1 Å². The summed E-state index contributed by atoms with van der Waals surface area (Å²) in [6, 6.07) is 9.38. The van der Waals surface area contributed by atoms with Gasteiger partial charge in [0.15, 0.2) is 0 Å². The van der Waals surface area contributed by atoms with Gasteiger partial charge in [0.05, 0.1) is 11.9 Å². The lowest BCUT2D eigenvalue weighted by Gasteiger charge is -2.07. The molecule has 0 aliphatic rings. The molecule has 0 fully saturated rings. The van der Waals surface area contributed by atoms with Crippen LogP contribution in [0, 0.1) is 6.92 Å². The summed E-state index contributed by atoms with van der Waals surface area (Å²) in [5.74, 6) is 1.58. The number of hydrogen-bond donors (Lipinski definition) is 1. The molecule has 6 heteroatoms. The molecular weight excluding hydrogens is 290 g/mol. The van der Waals surface area contributed by atoms with E-state index in [0.29, 0.717) is 18.5 Å². The first-order chi connectivity index (χ1) is 11.2. The fourth-order valence-electron chi connectivity index (χ4n) is 2.23. The molecule has 1 amide bonds. The normalized spacial score (nSPS) is 10.5. The summed E-state index contributed by atoms with van der Waals surface area (Å²) in [6.45, 7) is 1.91. The van der Waals surface area contributed by atoms with E-state index in [0.717, 1.165) is 17.3 Å². The molecule has 0 aliphatic carbocycles. The van der Waals surface area contributed by atoms with Crippen molar-refractivity contribution >= 4 is 11.6 Å². The van der Waals surface area contributed by atoms with Crippen LogP contribution < -0.4 is 5.32 Å². The average molecular weight is 307 g/mol. The first kappa shape index (κ1) is 14.9. The molecule has 1 N–H and O–H groups in total. The topological polar surface area (TPSA) is 72.7 Å². The molecule has 3 rings (SSSR count). The lowest BCUT2D eigenvalue weighted by Crippen LogP contribution is -2.13. The summed E-state index contributed by atoms with van der Waals surface area (Å²) < 4.78 is 1.88. The Labute approximate surface area is 134 Å². The maximum absolute atomic E-state index is 12.0. The Balaban J connectivity index is 1.58. The van der Waals surface area contributed by atoms with Crippen LogP contribution in [0.2, 0.25) is 0 Å². The van der Waals surface area contributed by atoms with Gasteiger partial charge in [-0.2, -0.15) is 0 Å². The summed E-state index contributed by atoms with van der Waals surface area (Å²) in [5.41, 5.74) is 1.59. The van der Waals surface area contributed by atoms with E-state index in [4.69, 9.17) is 0 Å². The number of amides is 1. The third kappa shape index (κ3) is 3.79. The molecule has 3 aromatic heterocycles. The molecular formula is C17H17N5O. The molecule has 116 valence electrons. The molecule has 6 nitrogen and oxygen atoms in total. The van der Waals surface area contributed by atoms with Gasteiger partial charge in [0, 0.05) is 30.7 Å². The number of carbonyl (C=O) groups excluding carboxylic acids is 1. The molecule has 0 saturated carbocycles. The van der Waals surface area contributed by atoms with E-state index in [-0.39, 0.29) is 5.91 Å². The van der Waals surface area contributed by atoms with E-state index in [1.165, 1.54) is 0 Å². The summed E-state index contributed by atoms with van der Waals surface area (Å²) in [5, 5.41) is 2.85. The van der Waals surface area contributed by atoms with Crippen LogP contribution in [-0.2, 0) is 11.2 Å². The number of carbonyl (C=O) groups is 1. The minimum absolute atomic E-state index is 0.0518. The number of aryl methyl sites for hydroxylation is 2. The summed E-state index contributed by atoms with van der Waals surface area (Å²) in [7, 11) is 0. The number of anilines is 1. The van der Waals surface area contributed by atoms with Crippen LogP contribution in [0.5, 0.6) is 0 Å². The summed E-state index contributed by atoms with van der Waals surface area (Å²) in [4.78, 5) is 24.7. The number of nitrogens with one attached hydrogen (secondary N) is 1. The standard InChI is InChI=1S/C17H17N5O/c1-13-18-10-11-22(13)16-7-5-15(12-20-16)21-17(23)8-6-14-4-2-3-9-19-14/h2-5,7,9-12H,6,8H2,1H3,(H,21,23). The molecule has 3 aromatic rings. The third-order valence-electron chi connectivity index (χ3n) is 3.44. The van der Waals surface area contributed by atoms with Crippen LogP contribution in [0.25, 0.3) is 5.82 Å². The van der Waals surface area contributed by atoms with Crippen LogP contribution in [-0.4, -0.2) is 25.4 Å². The largest absolute Gasteiger partial charge is 0.325 e. The molecule has 0 atom stereocenters. The highest BCUT2D eigenvalue weighted by atomic mass is 16.1. The highest BCUT2D eigenvalue weighted by Crippen LogP contribution is 2.12. The van der Waals surface area contributed by atoms with Gasteiger partial charge in [0.25, 0.3) is 0 Å². The molecule has 0 saturated heterocycles. The maximum Gasteiger partial charge on any atom is 0.224 e. The smallest absolute Gasteiger partial charge is 0.224 e. The van der Waals surface area contributed by atoms with Crippen molar-refractivity contribution in [2.45, 2.75) is 19.8 Å². The minimum Gasteiger partial charge on any atom is -0.325 e. The molecule has 0 aromatic carbocycles. The van der Waals surface area contributed by atoms with E-state index in [9.17, 15) is 4.79 Å². The second-order valence-electron chi connectivity index (χ2n) is 5.12. The number of imidazole rings is 1. The molecule has 0 bridgehead atoms. The highest BCUT2D eigenvalue weighted by Gasteiger charge is 2.06. The van der Waals surface area contributed by atoms with Gasteiger partial charge in [-0.1, -0.05) is 6.07 Å². The van der Waals surface area contributed by atoms with E-state index in [2.05, 4.69) is 20.3 Å². The quantitative estimate of drug-likeness (QED) is 0.786. The molecule has 0 aliphatic heterocycles. The van der Waals surface area contributed by atoms with E-state index < -0.39 is 0 Å². The van der Waals surface area contributed by atoms with Crippen molar-refractivity contribution in [1.29, 1.82) is 0 Å². The Morgan fingerprint density at radius 1 is 1.13 bits per heavy atom. The van der Waals surface area contributed by atoms with Crippen molar-refractivity contribution in [3.8, 4) is 5.82 Å². The lowest BCUT2D eigenvalue weighted by atomic mass is 10.2. The molecule has 23 heavy (non-hydrogen) atoms. The van der Waals surface area contributed by atoms with Gasteiger partial charge < -0.3 is 5.32 Å². The van der Waals surface area contributed by atoms with Crippen molar-refractivity contribution in [1.82, 2.24) is 19.5 Å². The van der Waals surface area contributed by atoms with E-state index in [1.54, 1.807) is 18.6 Å². The summed E-state index contributed by atoms with van der Waals surface area (Å²) >= 11 is 0. The first-order valence-corrected chi connectivity index (χ1v) is 7.38. The fraction of sp³-hybridized carbons (Fsp3) is 0.176. The lowest BCUT2D eigenvalue weighted by molar-refractivity contribution is -0.116. The van der Waals surface area contributed by atoms with Crippen molar-refractivity contribution < 1.29 is 4.79 Å².